The molecule has 0 saturated carbocycles. The maximum absolute atomic E-state index is 12.8. The van der Waals surface area contributed by atoms with Crippen LogP contribution in [0.5, 0.6) is 0 Å². The van der Waals surface area contributed by atoms with Gasteiger partial charge in [-0.1, -0.05) is 34.6 Å². The molecule has 110 valence electrons. The van der Waals surface area contributed by atoms with Crippen molar-refractivity contribution in [3.05, 3.63) is 0 Å². The molecular formula is C11H20ClF4NO. The van der Waals surface area contributed by atoms with Crippen LogP contribution in [0.4, 0.5) is 17.6 Å². The van der Waals surface area contributed by atoms with Gasteiger partial charge in [-0.2, -0.15) is 17.6 Å². The third-order valence-electron chi connectivity index (χ3n) is 2.29. The van der Waals surface area contributed by atoms with Crippen molar-refractivity contribution in [1.29, 1.82) is 0 Å². The first-order valence-electron chi connectivity index (χ1n) is 5.55. The molecule has 1 N–H and O–H groups in total. The Morgan fingerprint density at radius 3 is 1.67 bits per heavy atom. The topological polar surface area (TPSA) is 29.1 Å². The molecule has 0 spiro atoms. The van der Waals surface area contributed by atoms with E-state index in [0.717, 1.165) is 0 Å². The predicted molar refractivity (Wildman–Crippen MR) is 64.2 cm³/mol. The zero-order valence-electron chi connectivity index (χ0n) is 11.4. The normalized spacial score (nSPS) is 14.4. The third kappa shape index (κ3) is 5.42. The number of amides is 1. The van der Waals surface area contributed by atoms with Gasteiger partial charge >= 0.3 is 11.3 Å². The summed E-state index contributed by atoms with van der Waals surface area (Å²) in [5.74, 6) is -7.00. The average Bonchev–Trinajstić information content (AvgIpc) is 2.17. The van der Waals surface area contributed by atoms with Crippen molar-refractivity contribution in [2.75, 3.05) is 0 Å². The Morgan fingerprint density at radius 2 is 1.44 bits per heavy atom. The van der Waals surface area contributed by atoms with Crippen molar-refractivity contribution in [2.45, 2.75) is 58.9 Å². The van der Waals surface area contributed by atoms with Crippen molar-refractivity contribution in [2.24, 2.45) is 5.41 Å². The molecule has 1 atom stereocenters. The molecule has 0 aromatic heterocycles. The second-order valence-electron chi connectivity index (χ2n) is 4.63. The minimum Gasteiger partial charge on any atom is -0.348 e. The van der Waals surface area contributed by atoms with E-state index in [0.29, 0.717) is 0 Å². The smallest absolute Gasteiger partial charge is 0.348 e. The van der Waals surface area contributed by atoms with Crippen molar-refractivity contribution in [1.82, 2.24) is 5.32 Å². The highest BCUT2D eigenvalue weighted by Crippen LogP contribution is 2.38. The van der Waals surface area contributed by atoms with Crippen LogP contribution in [-0.2, 0) is 4.79 Å². The van der Waals surface area contributed by atoms with Crippen LogP contribution in [-0.4, -0.2) is 23.3 Å². The molecular weight excluding hydrogens is 274 g/mol. The van der Waals surface area contributed by atoms with E-state index >= 15 is 0 Å². The maximum Gasteiger partial charge on any atom is 0.400 e. The zero-order valence-corrected chi connectivity index (χ0v) is 12.1. The fourth-order valence-corrected chi connectivity index (χ4v) is 0.718. The third-order valence-corrected chi connectivity index (χ3v) is 2.53. The number of rotatable bonds is 3. The second-order valence-corrected chi connectivity index (χ2v) is 5.11. The zero-order chi connectivity index (χ0) is 15.4. The van der Waals surface area contributed by atoms with Gasteiger partial charge in [0.05, 0.1) is 0 Å². The van der Waals surface area contributed by atoms with Gasteiger partial charge < -0.3 is 5.32 Å². The lowest BCUT2D eigenvalue weighted by Gasteiger charge is -2.30. The molecule has 0 bridgehead atoms. The molecule has 0 rings (SSSR count). The first kappa shape index (κ1) is 19.8. The van der Waals surface area contributed by atoms with Gasteiger partial charge in [-0.3, -0.25) is 4.79 Å². The van der Waals surface area contributed by atoms with Gasteiger partial charge in [0, 0.05) is 6.04 Å². The molecule has 0 aliphatic carbocycles. The van der Waals surface area contributed by atoms with Gasteiger partial charge in [0.1, 0.15) is 0 Å². The average molecular weight is 294 g/mol. The van der Waals surface area contributed by atoms with Crippen molar-refractivity contribution in [3.8, 4) is 0 Å². The largest absolute Gasteiger partial charge is 0.400 e. The Kier molecular flexibility index (Phi) is 7.25. The highest BCUT2D eigenvalue weighted by Gasteiger charge is 2.61. The lowest BCUT2D eigenvalue weighted by atomic mass is 9.88. The molecule has 7 heteroatoms. The number of alkyl halides is 5. The van der Waals surface area contributed by atoms with Gasteiger partial charge in [-0.05, 0) is 23.9 Å². The van der Waals surface area contributed by atoms with E-state index in [4.69, 9.17) is 0 Å². The Balaban J connectivity index is 0. The lowest BCUT2D eigenvalue weighted by molar-refractivity contribution is -0.181. The molecule has 2 nitrogen and oxygen atoms in total. The number of halogens is 5. The van der Waals surface area contributed by atoms with E-state index < -0.39 is 28.7 Å². The Labute approximate surface area is 110 Å². The number of hydrogen-bond donors (Lipinski definition) is 1. The van der Waals surface area contributed by atoms with Crippen LogP contribution in [0.2, 0.25) is 0 Å². The number of nitrogens with one attached hydrogen (secondary N) is 1. The molecule has 0 aliphatic heterocycles. The summed E-state index contributed by atoms with van der Waals surface area (Å²) in [4.78, 5) is 10.9. The van der Waals surface area contributed by atoms with E-state index in [9.17, 15) is 22.4 Å². The van der Waals surface area contributed by atoms with Gasteiger partial charge in [0.2, 0.25) is 0 Å². The fourth-order valence-electron chi connectivity index (χ4n) is 0.633. The van der Waals surface area contributed by atoms with Gasteiger partial charge in [-0.25, -0.2) is 0 Å². The van der Waals surface area contributed by atoms with E-state index in [-0.39, 0.29) is 0 Å². The molecule has 0 radical (unpaired) electrons. The van der Waals surface area contributed by atoms with Crippen LogP contribution in [0.15, 0.2) is 0 Å². The first-order valence-corrected chi connectivity index (χ1v) is 5.93. The summed E-state index contributed by atoms with van der Waals surface area (Å²) in [7, 11) is 0. The molecule has 0 fully saturated rings. The van der Waals surface area contributed by atoms with E-state index in [1.54, 1.807) is 20.8 Å². The summed E-state index contributed by atoms with van der Waals surface area (Å²) >= 11 is 4.17. The van der Waals surface area contributed by atoms with Crippen molar-refractivity contribution >= 4 is 17.5 Å². The van der Waals surface area contributed by atoms with Gasteiger partial charge in [-0.15, -0.1) is 0 Å². The summed E-state index contributed by atoms with van der Waals surface area (Å²) < 4.78 is 50.1. The summed E-state index contributed by atoms with van der Waals surface area (Å²) in [6.45, 7) is 10.5. The Morgan fingerprint density at radius 1 is 1.11 bits per heavy atom. The van der Waals surface area contributed by atoms with Crippen molar-refractivity contribution in [3.63, 3.8) is 0 Å². The highest BCUT2D eigenvalue weighted by atomic mass is 35.5. The predicted octanol–water partition coefficient (Wildman–Crippen LogP) is 4.03. The van der Waals surface area contributed by atoms with Crippen LogP contribution in [0.3, 0.4) is 0 Å². The number of carbonyl (C=O) groups is 1. The molecule has 1 unspecified atom stereocenters. The highest BCUT2D eigenvalue weighted by molar-refractivity contribution is 6.24. The monoisotopic (exact) mass is 293 g/mol. The van der Waals surface area contributed by atoms with Crippen LogP contribution < -0.4 is 5.32 Å². The van der Waals surface area contributed by atoms with Crippen molar-refractivity contribution < 1.29 is 22.4 Å². The Hall–Kier alpha value is -0.520. The summed E-state index contributed by atoms with van der Waals surface area (Å²) in [5.41, 5.74) is -0.520. The summed E-state index contributed by atoms with van der Waals surface area (Å²) in [5, 5.41) is -3.08. The molecule has 1 amide bonds. The van der Waals surface area contributed by atoms with E-state index in [1.165, 1.54) is 6.92 Å². The first-order chi connectivity index (χ1) is 7.80. The second kappa shape index (κ2) is 6.59. The summed E-state index contributed by atoms with van der Waals surface area (Å²) in [6.07, 6.45) is 0. The van der Waals surface area contributed by atoms with E-state index in [2.05, 4.69) is 11.6 Å². The molecule has 0 saturated heterocycles. The maximum atomic E-state index is 12.8. The standard InChI is InChI=1S/C9H14ClF4NO.C2H6/c1-5(7(2,3)4)15-6(16)8(11,12)9(10,13)14;1-2/h5H,1-4H3,(H,15,16);1-2H3. The number of hydrogen-bond acceptors (Lipinski definition) is 1. The Bertz CT molecular complexity index is 271. The molecule has 0 aromatic rings. The SMILES string of the molecule is CC.CC(NC(=O)C(F)(F)C(F)(F)Cl)C(C)(C)C. The van der Waals surface area contributed by atoms with E-state index in [1.807, 2.05) is 19.2 Å². The number of carbonyl (C=O) groups excluding carboxylic acids is 1. The van der Waals surface area contributed by atoms with Crippen LogP contribution in [0.25, 0.3) is 0 Å². The fraction of sp³-hybridized carbons (Fsp3) is 0.909. The van der Waals surface area contributed by atoms with Gasteiger partial charge in [0.25, 0.3) is 5.91 Å². The lowest BCUT2D eigenvalue weighted by Crippen LogP contribution is -2.54. The van der Waals surface area contributed by atoms with Gasteiger partial charge in [0.15, 0.2) is 0 Å². The van der Waals surface area contributed by atoms with Crippen LogP contribution in [0, 0.1) is 5.41 Å². The summed E-state index contributed by atoms with van der Waals surface area (Å²) in [6, 6.07) is -0.690. The molecule has 0 aromatic carbocycles. The molecule has 0 aliphatic rings. The van der Waals surface area contributed by atoms with Crippen LogP contribution >= 0.6 is 11.6 Å². The quantitative estimate of drug-likeness (QED) is 0.618. The molecule has 18 heavy (non-hydrogen) atoms. The molecule has 0 heterocycles. The minimum atomic E-state index is -4.92. The van der Waals surface area contributed by atoms with Crippen LogP contribution in [0.1, 0.15) is 41.5 Å². The minimum absolute atomic E-state index is 0.520.